The number of hydrogen-bond acceptors (Lipinski definition) is 3. The summed E-state index contributed by atoms with van der Waals surface area (Å²) in [4.78, 5) is 25.7. The normalized spacial score (nSPS) is 35.0. The van der Waals surface area contributed by atoms with Gasteiger partial charge in [0.05, 0.1) is 11.1 Å². The second-order valence-electron chi connectivity index (χ2n) is 8.08. The molecule has 4 saturated carbocycles. The molecule has 6 heteroatoms. The van der Waals surface area contributed by atoms with Crippen LogP contribution < -0.4 is 11.1 Å². The maximum absolute atomic E-state index is 13.1. The number of rotatable bonds is 4. The van der Waals surface area contributed by atoms with Crippen LogP contribution in [0.3, 0.4) is 0 Å². The molecule has 1 aromatic heterocycles. The third kappa shape index (κ3) is 2.66. The fourth-order valence-electron chi connectivity index (χ4n) is 5.58. The molecule has 24 heavy (non-hydrogen) atoms. The molecular formula is C18H23ClN2O2S. The lowest BCUT2D eigenvalue weighted by Gasteiger charge is -2.55. The van der Waals surface area contributed by atoms with Crippen LogP contribution in [0.5, 0.6) is 0 Å². The zero-order valence-corrected chi connectivity index (χ0v) is 15.4. The highest BCUT2D eigenvalue weighted by atomic mass is 35.5. The first kappa shape index (κ1) is 16.4. The van der Waals surface area contributed by atoms with Crippen molar-refractivity contribution in [2.24, 2.45) is 28.9 Å². The van der Waals surface area contributed by atoms with Gasteiger partial charge >= 0.3 is 0 Å². The topological polar surface area (TPSA) is 72.2 Å². The van der Waals surface area contributed by atoms with Gasteiger partial charge in [-0.25, -0.2) is 0 Å². The Bertz CT molecular complexity index is 664. The number of halogens is 1. The molecule has 4 fully saturated rings. The average molecular weight is 367 g/mol. The second-order valence-corrected chi connectivity index (χ2v) is 9.57. The maximum Gasteiger partial charge on any atom is 0.260 e. The maximum atomic E-state index is 13.1. The lowest BCUT2D eigenvalue weighted by Crippen LogP contribution is -2.53. The molecule has 3 N–H and O–H groups in total. The van der Waals surface area contributed by atoms with Crippen molar-refractivity contribution in [2.45, 2.75) is 51.5 Å². The Balaban J connectivity index is 1.50. The molecule has 0 aromatic carbocycles. The first-order chi connectivity index (χ1) is 11.4. The van der Waals surface area contributed by atoms with Gasteiger partial charge in [-0.3, -0.25) is 9.59 Å². The largest absolute Gasteiger partial charge is 0.365 e. The Labute approximate surface area is 151 Å². The van der Waals surface area contributed by atoms with E-state index in [4.69, 9.17) is 17.3 Å². The van der Waals surface area contributed by atoms with Crippen molar-refractivity contribution >= 4 is 34.8 Å². The zero-order chi connectivity index (χ0) is 17.1. The van der Waals surface area contributed by atoms with E-state index in [0.717, 1.165) is 41.9 Å². The fraction of sp³-hybridized carbons (Fsp3) is 0.667. The quantitative estimate of drug-likeness (QED) is 0.848. The predicted molar refractivity (Wildman–Crippen MR) is 95.0 cm³/mol. The predicted octanol–water partition coefficient (Wildman–Crippen LogP) is 3.89. The molecule has 1 heterocycles. The van der Waals surface area contributed by atoms with Gasteiger partial charge < -0.3 is 11.1 Å². The number of nitrogens with one attached hydrogen (secondary N) is 1. The van der Waals surface area contributed by atoms with Crippen molar-refractivity contribution in [1.29, 1.82) is 0 Å². The third-order valence-electron chi connectivity index (χ3n) is 6.22. The highest BCUT2D eigenvalue weighted by Gasteiger charge is 2.54. The minimum atomic E-state index is -0.518. The van der Waals surface area contributed by atoms with E-state index in [2.05, 4.69) is 5.32 Å². The van der Waals surface area contributed by atoms with E-state index in [1.165, 1.54) is 30.6 Å². The van der Waals surface area contributed by atoms with Gasteiger partial charge in [0.25, 0.3) is 5.91 Å². The van der Waals surface area contributed by atoms with E-state index in [1.807, 2.05) is 6.92 Å². The molecule has 0 radical (unpaired) electrons. The van der Waals surface area contributed by atoms with Crippen LogP contribution in [0.2, 0.25) is 5.02 Å². The summed E-state index contributed by atoms with van der Waals surface area (Å²) in [5.41, 5.74) is 5.18. The zero-order valence-electron chi connectivity index (χ0n) is 13.8. The summed E-state index contributed by atoms with van der Waals surface area (Å²) in [6, 6.07) is 1.60. The molecular weight excluding hydrogens is 344 g/mol. The first-order valence-corrected chi connectivity index (χ1v) is 9.96. The molecule has 5 rings (SSSR count). The number of hydrogen-bond donors (Lipinski definition) is 2. The van der Waals surface area contributed by atoms with E-state index >= 15 is 0 Å². The Morgan fingerprint density at radius 2 is 1.79 bits per heavy atom. The fourth-order valence-corrected chi connectivity index (χ4v) is 6.87. The highest BCUT2D eigenvalue weighted by molar-refractivity contribution is 7.14. The molecule has 4 aliphatic rings. The smallest absolute Gasteiger partial charge is 0.260 e. The van der Waals surface area contributed by atoms with Crippen molar-refractivity contribution in [3.63, 3.8) is 0 Å². The number of carbonyl (C=O) groups excluding carboxylic acids is 2. The summed E-state index contributed by atoms with van der Waals surface area (Å²) in [5, 5.41) is 3.57. The molecule has 0 aliphatic heterocycles. The van der Waals surface area contributed by atoms with E-state index in [1.54, 1.807) is 6.07 Å². The van der Waals surface area contributed by atoms with Gasteiger partial charge in [0.1, 0.15) is 4.88 Å². The van der Waals surface area contributed by atoms with Crippen molar-refractivity contribution in [3.8, 4) is 0 Å². The number of thiophene rings is 1. The Kier molecular flexibility index (Phi) is 3.92. The number of nitrogens with two attached hydrogens (primary N) is 1. The minimum Gasteiger partial charge on any atom is -0.365 e. The molecule has 4 nitrogen and oxygen atoms in total. The van der Waals surface area contributed by atoms with Crippen molar-refractivity contribution in [3.05, 3.63) is 20.8 Å². The molecule has 4 bridgehead atoms. The lowest BCUT2D eigenvalue weighted by molar-refractivity contribution is -0.146. The van der Waals surface area contributed by atoms with Gasteiger partial charge in [-0.15, -0.1) is 11.3 Å². The van der Waals surface area contributed by atoms with E-state index < -0.39 is 5.91 Å². The van der Waals surface area contributed by atoms with Crippen LogP contribution >= 0.6 is 22.9 Å². The van der Waals surface area contributed by atoms with Gasteiger partial charge in [0.15, 0.2) is 0 Å². The number of carbonyl (C=O) groups is 2. The number of amides is 2. The first-order valence-electron chi connectivity index (χ1n) is 8.76. The van der Waals surface area contributed by atoms with E-state index in [9.17, 15) is 9.59 Å². The van der Waals surface area contributed by atoms with Crippen LogP contribution in [0.1, 0.15) is 66.0 Å². The van der Waals surface area contributed by atoms with Crippen LogP contribution in [-0.4, -0.2) is 11.8 Å². The molecule has 4 aliphatic carbocycles. The minimum absolute atomic E-state index is 0.152. The van der Waals surface area contributed by atoms with Crippen LogP contribution in [0.25, 0.3) is 0 Å². The van der Waals surface area contributed by atoms with Crippen LogP contribution in [0.15, 0.2) is 6.07 Å². The SMILES string of the molecule is CC(NC(=O)C12CC3CC(CC(C3)C1)C2)c1cc(Cl)c(C(N)=O)s1. The standard InChI is InChI=1S/C18H23ClN2O2S/c1-9(14-5-13(19)15(24-14)16(20)22)21-17(23)18-6-10-2-11(7-18)4-12(3-10)8-18/h5,9-12H,2-4,6-8H2,1H3,(H2,20,22)(H,21,23). The summed E-state index contributed by atoms with van der Waals surface area (Å²) in [7, 11) is 0. The summed E-state index contributed by atoms with van der Waals surface area (Å²) in [5.74, 6) is 1.91. The van der Waals surface area contributed by atoms with Crippen LogP contribution in [0.4, 0.5) is 0 Å². The molecule has 1 aromatic rings. The third-order valence-corrected chi connectivity index (χ3v) is 7.97. The Morgan fingerprint density at radius 1 is 1.25 bits per heavy atom. The summed E-state index contributed by atoms with van der Waals surface area (Å²) in [6.45, 7) is 1.95. The van der Waals surface area contributed by atoms with Gasteiger partial charge in [0, 0.05) is 10.3 Å². The van der Waals surface area contributed by atoms with Gasteiger partial charge in [-0.05, 0) is 69.3 Å². The molecule has 130 valence electrons. The second kappa shape index (κ2) is 5.73. The van der Waals surface area contributed by atoms with E-state index in [0.29, 0.717) is 9.90 Å². The summed E-state index contributed by atoms with van der Waals surface area (Å²) < 4.78 is 0. The molecule has 0 saturated heterocycles. The summed E-state index contributed by atoms with van der Waals surface area (Å²) >= 11 is 7.35. The van der Waals surface area contributed by atoms with Crippen molar-refractivity contribution in [2.75, 3.05) is 0 Å². The molecule has 1 unspecified atom stereocenters. The van der Waals surface area contributed by atoms with Crippen molar-refractivity contribution < 1.29 is 9.59 Å². The lowest BCUT2D eigenvalue weighted by atomic mass is 9.49. The van der Waals surface area contributed by atoms with E-state index in [-0.39, 0.29) is 17.4 Å². The molecule has 0 spiro atoms. The van der Waals surface area contributed by atoms with Gasteiger partial charge in [0.2, 0.25) is 5.91 Å². The Morgan fingerprint density at radius 3 is 2.25 bits per heavy atom. The van der Waals surface area contributed by atoms with Gasteiger partial charge in [-0.2, -0.15) is 0 Å². The highest BCUT2D eigenvalue weighted by Crippen LogP contribution is 2.60. The molecule has 1 atom stereocenters. The van der Waals surface area contributed by atoms with Crippen LogP contribution in [-0.2, 0) is 4.79 Å². The van der Waals surface area contributed by atoms with Gasteiger partial charge in [-0.1, -0.05) is 11.6 Å². The molecule has 2 amide bonds. The average Bonchev–Trinajstić information content (AvgIpc) is 2.88. The van der Waals surface area contributed by atoms with Crippen molar-refractivity contribution in [1.82, 2.24) is 5.32 Å². The van der Waals surface area contributed by atoms with Crippen LogP contribution in [0, 0.1) is 23.2 Å². The monoisotopic (exact) mass is 366 g/mol. The number of primary amides is 1. The summed E-state index contributed by atoms with van der Waals surface area (Å²) in [6.07, 6.45) is 7.12. The Hall–Kier alpha value is -1.07.